The van der Waals surface area contributed by atoms with Crippen molar-refractivity contribution in [3.63, 3.8) is 0 Å². The van der Waals surface area contributed by atoms with Crippen LogP contribution in [0.3, 0.4) is 0 Å². The molecule has 0 saturated carbocycles. The fraction of sp³-hybridized carbons (Fsp3) is 0.500. The molecule has 7 nitrogen and oxygen atoms in total. The Morgan fingerprint density at radius 1 is 1.29 bits per heavy atom. The molecule has 126 valence electrons. The van der Waals surface area contributed by atoms with Crippen molar-refractivity contribution < 1.29 is 4.74 Å². The van der Waals surface area contributed by atoms with Crippen molar-refractivity contribution in [2.24, 2.45) is 0 Å². The van der Waals surface area contributed by atoms with E-state index in [-0.39, 0.29) is 11.1 Å². The van der Waals surface area contributed by atoms with Crippen LogP contribution in [0.1, 0.15) is 31.6 Å². The SMILES string of the molecule is CC(C)(C)n1nnnc1CNC1(c2nc3ccccc3s2)COC1. The Kier molecular flexibility index (Phi) is 3.63. The van der Waals surface area contributed by atoms with E-state index < -0.39 is 0 Å². The van der Waals surface area contributed by atoms with Crippen LogP contribution in [0.4, 0.5) is 0 Å². The summed E-state index contributed by atoms with van der Waals surface area (Å²) in [5, 5.41) is 16.7. The lowest BCUT2D eigenvalue weighted by atomic mass is 9.98. The van der Waals surface area contributed by atoms with Crippen molar-refractivity contribution in [2.45, 2.75) is 38.4 Å². The topological polar surface area (TPSA) is 77.8 Å². The van der Waals surface area contributed by atoms with E-state index in [0.29, 0.717) is 19.8 Å². The molecular formula is C16H20N6OS. The number of rotatable bonds is 4. The van der Waals surface area contributed by atoms with Gasteiger partial charge in [0, 0.05) is 0 Å². The summed E-state index contributed by atoms with van der Waals surface area (Å²) in [4.78, 5) is 4.80. The highest BCUT2D eigenvalue weighted by atomic mass is 32.1. The van der Waals surface area contributed by atoms with Gasteiger partial charge in [0.05, 0.1) is 35.5 Å². The van der Waals surface area contributed by atoms with Gasteiger partial charge in [-0.25, -0.2) is 9.67 Å². The lowest BCUT2D eigenvalue weighted by Gasteiger charge is -2.40. The monoisotopic (exact) mass is 344 g/mol. The molecule has 0 atom stereocenters. The Bertz CT molecular complexity index is 828. The van der Waals surface area contributed by atoms with Crippen molar-refractivity contribution in [3.8, 4) is 0 Å². The molecule has 0 amide bonds. The summed E-state index contributed by atoms with van der Waals surface area (Å²) in [5.74, 6) is 0.815. The second-order valence-corrected chi connectivity index (χ2v) is 8.12. The number of nitrogens with zero attached hydrogens (tertiary/aromatic N) is 5. The minimum Gasteiger partial charge on any atom is -0.377 e. The van der Waals surface area contributed by atoms with Crippen LogP contribution in [0.5, 0.6) is 0 Å². The fourth-order valence-corrected chi connectivity index (χ4v) is 3.87. The van der Waals surface area contributed by atoms with E-state index in [9.17, 15) is 0 Å². The summed E-state index contributed by atoms with van der Waals surface area (Å²) in [6.07, 6.45) is 0. The van der Waals surface area contributed by atoms with E-state index in [4.69, 9.17) is 9.72 Å². The summed E-state index contributed by atoms with van der Waals surface area (Å²) in [7, 11) is 0. The summed E-state index contributed by atoms with van der Waals surface area (Å²) >= 11 is 1.71. The van der Waals surface area contributed by atoms with E-state index in [2.05, 4.69) is 47.7 Å². The van der Waals surface area contributed by atoms with E-state index in [1.807, 2.05) is 22.9 Å². The lowest BCUT2D eigenvalue weighted by molar-refractivity contribution is -0.0800. The van der Waals surface area contributed by atoms with E-state index in [1.54, 1.807) is 11.3 Å². The largest absolute Gasteiger partial charge is 0.377 e. The van der Waals surface area contributed by atoms with Gasteiger partial charge in [-0.05, 0) is 43.3 Å². The van der Waals surface area contributed by atoms with Crippen LogP contribution in [-0.4, -0.2) is 38.4 Å². The van der Waals surface area contributed by atoms with Crippen LogP contribution in [-0.2, 0) is 22.4 Å². The summed E-state index contributed by atoms with van der Waals surface area (Å²) in [6, 6.07) is 8.20. The minimum atomic E-state index is -0.252. The van der Waals surface area contributed by atoms with Gasteiger partial charge in [-0.2, -0.15) is 0 Å². The van der Waals surface area contributed by atoms with E-state index >= 15 is 0 Å². The van der Waals surface area contributed by atoms with Crippen molar-refractivity contribution >= 4 is 21.6 Å². The number of hydrogen-bond donors (Lipinski definition) is 1. The Labute approximate surface area is 144 Å². The molecule has 1 aromatic carbocycles. The molecule has 0 radical (unpaired) electrons. The first kappa shape index (κ1) is 15.6. The second-order valence-electron chi connectivity index (χ2n) is 7.09. The average Bonchev–Trinajstić information content (AvgIpc) is 3.11. The number of aromatic nitrogens is 5. The van der Waals surface area contributed by atoms with E-state index in [0.717, 1.165) is 16.3 Å². The van der Waals surface area contributed by atoms with Gasteiger partial charge in [0.1, 0.15) is 10.5 Å². The van der Waals surface area contributed by atoms with Gasteiger partial charge in [-0.3, -0.25) is 5.32 Å². The van der Waals surface area contributed by atoms with Crippen molar-refractivity contribution in [2.75, 3.05) is 13.2 Å². The number of thiazole rings is 1. The average molecular weight is 344 g/mol. The molecule has 3 aromatic rings. The molecule has 2 aromatic heterocycles. The number of para-hydroxylation sites is 1. The van der Waals surface area contributed by atoms with E-state index in [1.165, 1.54) is 4.70 Å². The maximum Gasteiger partial charge on any atom is 0.165 e. The standard InChI is InChI=1S/C16H20N6OS/c1-15(2,3)22-13(19-20-21-22)8-17-16(9-23-10-16)14-18-11-6-4-5-7-12(11)24-14/h4-7,17H,8-10H2,1-3H3. The smallest absolute Gasteiger partial charge is 0.165 e. The number of ether oxygens (including phenoxy) is 1. The Morgan fingerprint density at radius 3 is 2.75 bits per heavy atom. The number of hydrogen-bond acceptors (Lipinski definition) is 7. The predicted octanol–water partition coefficient (Wildman–Crippen LogP) is 2.05. The first-order valence-electron chi connectivity index (χ1n) is 7.95. The van der Waals surface area contributed by atoms with Crippen LogP contribution >= 0.6 is 11.3 Å². The first-order chi connectivity index (χ1) is 11.5. The van der Waals surface area contributed by atoms with Crippen LogP contribution in [0, 0.1) is 0 Å². The molecule has 1 aliphatic rings. The molecule has 24 heavy (non-hydrogen) atoms. The van der Waals surface area contributed by atoms with Crippen molar-refractivity contribution in [3.05, 3.63) is 35.1 Å². The second kappa shape index (κ2) is 5.58. The molecular weight excluding hydrogens is 324 g/mol. The predicted molar refractivity (Wildman–Crippen MR) is 91.8 cm³/mol. The molecule has 1 aliphatic heterocycles. The van der Waals surface area contributed by atoms with Gasteiger partial charge in [0.25, 0.3) is 0 Å². The molecule has 1 fully saturated rings. The van der Waals surface area contributed by atoms with Gasteiger partial charge in [0.2, 0.25) is 0 Å². The number of fused-ring (bicyclic) bond motifs is 1. The molecule has 0 aliphatic carbocycles. The molecule has 0 spiro atoms. The van der Waals surface area contributed by atoms with Crippen LogP contribution in [0.2, 0.25) is 0 Å². The molecule has 0 unspecified atom stereocenters. The molecule has 8 heteroatoms. The maximum atomic E-state index is 5.50. The number of tetrazole rings is 1. The van der Waals surface area contributed by atoms with Crippen LogP contribution in [0.25, 0.3) is 10.2 Å². The Balaban J connectivity index is 1.59. The van der Waals surface area contributed by atoms with Crippen molar-refractivity contribution in [1.82, 2.24) is 30.5 Å². The zero-order valence-electron chi connectivity index (χ0n) is 14.0. The maximum absolute atomic E-state index is 5.50. The number of nitrogens with one attached hydrogen (secondary N) is 1. The van der Waals surface area contributed by atoms with Gasteiger partial charge >= 0.3 is 0 Å². The number of benzene rings is 1. The summed E-state index contributed by atoms with van der Waals surface area (Å²) in [6.45, 7) is 8.06. The molecule has 4 rings (SSSR count). The molecule has 1 N–H and O–H groups in total. The normalized spacial score (nSPS) is 17.1. The third kappa shape index (κ3) is 2.60. The van der Waals surface area contributed by atoms with Crippen molar-refractivity contribution in [1.29, 1.82) is 0 Å². The fourth-order valence-electron chi connectivity index (χ4n) is 2.77. The third-order valence-electron chi connectivity index (χ3n) is 4.15. The zero-order chi connectivity index (χ0) is 16.8. The quantitative estimate of drug-likeness (QED) is 0.780. The highest BCUT2D eigenvalue weighted by molar-refractivity contribution is 7.18. The summed E-state index contributed by atoms with van der Waals surface area (Å²) in [5.41, 5.74) is 0.628. The van der Waals surface area contributed by atoms with Crippen LogP contribution < -0.4 is 5.32 Å². The highest BCUT2D eigenvalue weighted by Crippen LogP contribution is 2.35. The molecule has 3 heterocycles. The Morgan fingerprint density at radius 2 is 2.08 bits per heavy atom. The third-order valence-corrected chi connectivity index (χ3v) is 5.40. The minimum absolute atomic E-state index is 0.153. The van der Waals surface area contributed by atoms with Gasteiger partial charge in [-0.1, -0.05) is 12.1 Å². The van der Waals surface area contributed by atoms with Crippen LogP contribution in [0.15, 0.2) is 24.3 Å². The zero-order valence-corrected chi connectivity index (χ0v) is 14.8. The molecule has 0 bridgehead atoms. The first-order valence-corrected chi connectivity index (χ1v) is 8.76. The lowest BCUT2D eigenvalue weighted by Crippen LogP contribution is -2.57. The molecule has 1 saturated heterocycles. The van der Waals surface area contributed by atoms with Gasteiger partial charge < -0.3 is 4.74 Å². The van der Waals surface area contributed by atoms with Gasteiger partial charge in [-0.15, -0.1) is 16.4 Å². The highest BCUT2D eigenvalue weighted by Gasteiger charge is 2.43. The van der Waals surface area contributed by atoms with Gasteiger partial charge in [0.15, 0.2) is 5.82 Å². The summed E-state index contributed by atoms with van der Waals surface area (Å²) < 4.78 is 8.55. The Hall–Kier alpha value is -1.90.